The highest BCUT2D eigenvalue weighted by Gasteiger charge is 2.16. The van der Waals surface area contributed by atoms with Gasteiger partial charge >= 0.3 is 0 Å². The van der Waals surface area contributed by atoms with Crippen LogP contribution in [0.4, 0.5) is 0 Å². The zero-order valence-corrected chi connectivity index (χ0v) is 9.11. The van der Waals surface area contributed by atoms with Gasteiger partial charge < -0.3 is 16.4 Å². The molecular weight excluding hydrogens is 192 g/mol. The predicted octanol–water partition coefficient (Wildman–Crippen LogP) is 0.0525. The van der Waals surface area contributed by atoms with Crippen molar-refractivity contribution in [1.29, 1.82) is 0 Å². The molecule has 15 heavy (non-hydrogen) atoms. The molecular formula is C10H20N4O. The maximum atomic E-state index is 11.6. The maximum Gasteiger partial charge on any atom is 0.222 e. The van der Waals surface area contributed by atoms with Crippen LogP contribution in [0.2, 0.25) is 0 Å². The molecule has 0 spiro atoms. The second-order valence-corrected chi connectivity index (χ2v) is 3.85. The summed E-state index contributed by atoms with van der Waals surface area (Å²) in [6.07, 6.45) is 4.67. The van der Waals surface area contributed by atoms with E-state index in [1.54, 1.807) is 0 Å². The Labute approximate surface area is 90.5 Å². The van der Waals surface area contributed by atoms with Gasteiger partial charge in [-0.15, -0.1) is 0 Å². The summed E-state index contributed by atoms with van der Waals surface area (Å²) in [6.45, 7) is 2.50. The van der Waals surface area contributed by atoms with E-state index >= 15 is 0 Å². The largest absolute Gasteiger partial charge is 0.370 e. The van der Waals surface area contributed by atoms with Crippen molar-refractivity contribution in [2.24, 2.45) is 16.5 Å². The van der Waals surface area contributed by atoms with Crippen molar-refractivity contribution in [2.75, 3.05) is 19.6 Å². The van der Waals surface area contributed by atoms with Gasteiger partial charge in [0.1, 0.15) is 0 Å². The van der Waals surface area contributed by atoms with Crippen LogP contribution >= 0.6 is 0 Å². The molecule has 0 aliphatic carbocycles. The zero-order valence-electron chi connectivity index (χ0n) is 9.11. The maximum absolute atomic E-state index is 11.6. The summed E-state index contributed by atoms with van der Waals surface area (Å²) in [5, 5.41) is 0. The fourth-order valence-electron chi connectivity index (χ4n) is 1.72. The molecule has 86 valence electrons. The first kappa shape index (κ1) is 11.8. The Balaban J connectivity index is 2.04. The Hall–Kier alpha value is -1.26. The van der Waals surface area contributed by atoms with Crippen LogP contribution in [-0.2, 0) is 4.79 Å². The smallest absolute Gasteiger partial charge is 0.222 e. The van der Waals surface area contributed by atoms with E-state index in [0.29, 0.717) is 13.0 Å². The molecule has 5 heteroatoms. The highest BCUT2D eigenvalue weighted by Crippen LogP contribution is 2.10. The second kappa shape index (κ2) is 6.27. The first-order chi connectivity index (χ1) is 7.20. The van der Waals surface area contributed by atoms with Crippen molar-refractivity contribution in [1.82, 2.24) is 4.90 Å². The van der Waals surface area contributed by atoms with E-state index < -0.39 is 0 Å². The monoisotopic (exact) mass is 212 g/mol. The number of hydrogen-bond donors (Lipinski definition) is 2. The second-order valence-electron chi connectivity index (χ2n) is 3.85. The minimum atomic E-state index is 0.126. The Morgan fingerprint density at radius 1 is 1.20 bits per heavy atom. The number of carbonyl (C=O) groups excluding carboxylic acids is 1. The molecule has 0 saturated carbocycles. The lowest BCUT2D eigenvalue weighted by molar-refractivity contribution is -0.130. The Bertz CT molecular complexity index is 230. The SMILES string of the molecule is NC(N)=NCCCCC(=O)N1CCCC1. The van der Waals surface area contributed by atoms with Crippen LogP contribution in [0.15, 0.2) is 4.99 Å². The van der Waals surface area contributed by atoms with E-state index in [-0.39, 0.29) is 11.9 Å². The summed E-state index contributed by atoms with van der Waals surface area (Å²) in [6, 6.07) is 0. The molecule has 1 aliphatic heterocycles. The van der Waals surface area contributed by atoms with Crippen LogP contribution in [0.3, 0.4) is 0 Å². The molecule has 0 radical (unpaired) electrons. The van der Waals surface area contributed by atoms with Gasteiger partial charge in [0.2, 0.25) is 5.91 Å². The minimum absolute atomic E-state index is 0.126. The topological polar surface area (TPSA) is 84.7 Å². The molecule has 0 unspecified atom stereocenters. The molecule has 1 amide bonds. The highest BCUT2D eigenvalue weighted by molar-refractivity contribution is 5.76. The zero-order chi connectivity index (χ0) is 11.1. The standard InChI is InChI=1S/C10H20N4O/c11-10(12)13-6-2-1-5-9(15)14-7-3-4-8-14/h1-8H2,(H4,11,12,13). The molecule has 4 N–H and O–H groups in total. The molecule has 0 aromatic carbocycles. The third-order valence-electron chi connectivity index (χ3n) is 2.55. The first-order valence-electron chi connectivity index (χ1n) is 5.53. The van der Waals surface area contributed by atoms with Gasteiger partial charge in [-0.25, -0.2) is 0 Å². The fourth-order valence-corrected chi connectivity index (χ4v) is 1.72. The van der Waals surface area contributed by atoms with Crippen LogP contribution in [0.5, 0.6) is 0 Å². The summed E-state index contributed by atoms with van der Waals surface area (Å²) in [5.41, 5.74) is 10.4. The van der Waals surface area contributed by atoms with Gasteiger partial charge in [0.25, 0.3) is 0 Å². The van der Waals surface area contributed by atoms with Crippen molar-refractivity contribution in [3.05, 3.63) is 0 Å². The number of hydrogen-bond acceptors (Lipinski definition) is 2. The average molecular weight is 212 g/mol. The summed E-state index contributed by atoms with van der Waals surface area (Å²) in [7, 11) is 0. The molecule has 1 heterocycles. The van der Waals surface area contributed by atoms with Gasteiger partial charge in [-0.05, 0) is 25.7 Å². The van der Waals surface area contributed by atoms with Gasteiger partial charge in [-0.3, -0.25) is 9.79 Å². The number of guanidine groups is 1. The third kappa shape index (κ3) is 4.67. The molecule has 0 aromatic rings. The van der Waals surface area contributed by atoms with E-state index in [1.165, 1.54) is 0 Å². The van der Waals surface area contributed by atoms with E-state index in [9.17, 15) is 4.79 Å². The number of unbranched alkanes of at least 4 members (excludes halogenated alkanes) is 1. The van der Waals surface area contributed by atoms with Crippen LogP contribution in [0, 0.1) is 0 Å². The fraction of sp³-hybridized carbons (Fsp3) is 0.800. The molecule has 1 saturated heterocycles. The van der Waals surface area contributed by atoms with Gasteiger partial charge in [-0.1, -0.05) is 0 Å². The Morgan fingerprint density at radius 3 is 2.47 bits per heavy atom. The molecule has 1 rings (SSSR count). The quantitative estimate of drug-likeness (QED) is 0.384. The van der Waals surface area contributed by atoms with E-state index in [4.69, 9.17) is 11.5 Å². The van der Waals surface area contributed by atoms with Crippen molar-refractivity contribution in [3.8, 4) is 0 Å². The number of amides is 1. The van der Waals surface area contributed by atoms with Gasteiger partial charge in [0.05, 0.1) is 0 Å². The molecule has 1 aliphatic rings. The van der Waals surface area contributed by atoms with Gasteiger partial charge in [0.15, 0.2) is 5.96 Å². The summed E-state index contributed by atoms with van der Waals surface area (Å²) < 4.78 is 0. The van der Waals surface area contributed by atoms with Crippen LogP contribution in [0.25, 0.3) is 0 Å². The van der Waals surface area contributed by atoms with Crippen LogP contribution < -0.4 is 11.5 Å². The molecule has 0 atom stereocenters. The lowest BCUT2D eigenvalue weighted by Gasteiger charge is -2.14. The average Bonchev–Trinajstić information content (AvgIpc) is 2.69. The third-order valence-corrected chi connectivity index (χ3v) is 2.55. The number of likely N-dealkylation sites (tertiary alicyclic amines) is 1. The van der Waals surface area contributed by atoms with Gasteiger partial charge in [-0.2, -0.15) is 0 Å². The lowest BCUT2D eigenvalue weighted by atomic mass is 10.2. The summed E-state index contributed by atoms with van der Waals surface area (Å²) >= 11 is 0. The number of rotatable bonds is 5. The van der Waals surface area contributed by atoms with Crippen LogP contribution in [0.1, 0.15) is 32.1 Å². The molecule has 0 bridgehead atoms. The highest BCUT2D eigenvalue weighted by atomic mass is 16.2. The number of nitrogens with zero attached hydrogens (tertiary/aromatic N) is 2. The number of carbonyl (C=O) groups is 1. The van der Waals surface area contributed by atoms with Crippen molar-refractivity contribution >= 4 is 11.9 Å². The van der Waals surface area contributed by atoms with Crippen molar-refractivity contribution in [3.63, 3.8) is 0 Å². The Morgan fingerprint density at radius 2 is 1.87 bits per heavy atom. The van der Waals surface area contributed by atoms with Crippen LogP contribution in [-0.4, -0.2) is 36.4 Å². The minimum Gasteiger partial charge on any atom is -0.370 e. The Kier molecular flexibility index (Phi) is 4.93. The summed E-state index contributed by atoms with van der Waals surface area (Å²) in [4.78, 5) is 17.4. The molecule has 0 aromatic heterocycles. The number of nitrogens with two attached hydrogens (primary N) is 2. The first-order valence-corrected chi connectivity index (χ1v) is 5.53. The number of aliphatic imine (C=N–C) groups is 1. The molecule has 5 nitrogen and oxygen atoms in total. The normalized spacial score (nSPS) is 15.3. The van der Waals surface area contributed by atoms with E-state index in [0.717, 1.165) is 38.8 Å². The van der Waals surface area contributed by atoms with Crippen molar-refractivity contribution < 1.29 is 4.79 Å². The summed E-state index contributed by atoms with van der Waals surface area (Å²) in [5.74, 6) is 0.401. The lowest BCUT2D eigenvalue weighted by Crippen LogP contribution is -2.27. The molecule has 1 fully saturated rings. The van der Waals surface area contributed by atoms with Gasteiger partial charge in [0, 0.05) is 26.1 Å². The predicted molar refractivity (Wildman–Crippen MR) is 60.3 cm³/mol. The van der Waals surface area contributed by atoms with Crippen molar-refractivity contribution in [2.45, 2.75) is 32.1 Å². The van der Waals surface area contributed by atoms with E-state index in [1.807, 2.05) is 4.90 Å². The van der Waals surface area contributed by atoms with E-state index in [2.05, 4.69) is 4.99 Å².